The van der Waals surface area contributed by atoms with Crippen LogP contribution < -0.4 is 15.6 Å². The molecule has 0 fully saturated rings. The van der Waals surface area contributed by atoms with Gasteiger partial charge in [0.25, 0.3) is 5.56 Å². The van der Waals surface area contributed by atoms with Gasteiger partial charge in [0, 0.05) is 33.2 Å². The van der Waals surface area contributed by atoms with Gasteiger partial charge in [-0.15, -0.1) is 0 Å². The smallest absolute Gasteiger partial charge is 0.253 e. The molecule has 2 N–H and O–H groups in total. The van der Waals surface area contributed by atoms with E-state index in [2.05, 4.69) is 16.4 Å². The number of pyridine rings is 1. The SMILES string of the molecule is COc1cc(NC(C)c2cc3cc(Cl)ccc3[nH]c2=O)ccc1C#N. The van der Waals surface area contributed by atoms with Crippen LogP contribution in [0.2, 0.25) is 5.02 Å². The maximum absolute atomic E-state index is 12.4. The first-order valence-electron chi connectivity index (χ1n) is 7.69. The largest absolute Gasteiger partial charge is 0.495 e. The molecule has 0 aliphatic rings. The predicted octanol–water partition coefficient (Wildman–Crippen LogP) is 4.23. The molecule has 6 heteroatoms. The van der Waals surface area contributed by atoms with E-state index in [0.717, 1.165) is 16.6 Å². The lowest BCUT2D eigenvalue weighted by atomic mass is 10.1. The van der Waals surface area contributed by atoms with Crippen LogP contribution in [0.25, 0.3) is 10.9 Å². The molecule has 0 spiro atoms. The maximum atomic E-state index is 12.4. The highest BCUT2D eigenvalue weighted by Crippen LogP contribution is 2.26. The Labute approximate surface area is 149 Å². The predicted molar refractivity (Wildman–Crippen MR) is 99.3 cm³/mol. The summed E-state index contributed by atoms with van der Waals surface area (Å²) in [4.78, 5) is 15.2. The minimum atomic E-state index is -0.246. The second-order valence-corrected chi connectivity index (χ2v) is 6.11. The van der Waals surface area contributed by atoms with Crippen LogP contribution in [0.3, 0.4) is 0 Å². The maximum Gasteiger partial charge on any atom is 0.253 e. The number of anilines is 1. The molecule has 0 aliphatic heterocycles. The first-order chi connectivity index (χ1) is 12.0. The standard InChI is InChI=1S/C19H16ClN3O2/c1-11(22-15-5-3-12(10-21)18(9-15)25-2)16-8-13-7-14(20)4-6-17(13)23-19(16)24/h3-9,11,22H,1-2H3,(H,23,24). The normalized spacial score (nSPS) is 11.8. The van der Waals surface area contributed by atoms with Crippen LogP contribution in [-0.4, -0.2) is 12.1 Å². The van der Waals surface area contributed by atoms with Crippen molar-refractivity contribution in [2.24, 2.45) is 0 Å². The average Bonchev–Trinajstić information content (AvgIpc) is 2.61. The number of fused-ring (bicyclic) bond motifs is 1. The fourth-order valence-electron chi connectivity index (χ4n) is 2.72. The lowest BCUT2D eigenvalue weighted by Crippen LogP contribution is -2.19. The summed E-state index contributed by atoms with van der Waals surface area (Å²) in [6.45, 7) is 1.89. The van der Waals surface area contributed by atoms with Crippen LogP contribution >= 0.6 is 11.6 Å². The van der Waals surface area contributed by atoms with E-state index in [1.807, 2.05) is 19.1 Å². The number of aromatic nitrogens is 1. The fourth-order valence-corrected chi connectivity index (χ4v) is 2.90. The van der Waals surface area contributed by atoms with Gasteiger partial charge in [0.05, 0.1) is 18.7 Å². The number of hydrogen-bond donors (Lipinski definition) is 2. The highest BCUT2D eigenvalue weighted by atomic mass is 35.5. The topological polar surface area (TPSA) is 77.9 Å². The van der Waals surface area contributed by atoms with E-state index in [-0.39, 0.29) is 11.6 Å². The number of aromatic amines is 1. The van der Waals surface area contributed by atoms with Gasteiger partial charge in [-0.25, -0.2) is 0 Å². The van der Waals surface area contributed by atoms with Crippen molar-refractivity contribution in [1.82, 2.24) is 4.98 Å². The minimum absolute atomic E-state index is 0.157. The van der Waals surface area contributed by atoms with Crippen molar-refractivity contribution >= 4 is 28.2 Å². The minimum Gasteiger partial charge on any atom is -0.495 e. The first-order valence-corrected chi connectivity index (χ1v) is 8.07. The summed E-state index contributed by atoms with van der Waals surface area (Å²) in [6.07, 6.45) is 0. The van der Waals surface area contributed by atoms with Crippen molar-refractivity contribution in [1.29, 1.82) is 5.26 Å². The number of benzene rings is 2. The molecule has 0 aliphatic carbocycles. The molecule has 126 valence electrons. The third-order valence-corrected chi connectivity index (χ3v) is 4.24. The summed E-state index contributed by atoms with van der Waals surface area (Å²) in [5, 5.41) is 13.8. The van der Waals surface area contributed by atoms with Crippen LogP contribution in [0.4, 0.5) is 5.69 Å². The number of H-pyrrole nitrogens is 1. The second kappa shape index (κ2) is 6.88. The highest BCUT2D eigenvalue weighted by molar-refractivity contribution is 6.31. The second-order valence-electron chi connectivity index (χ2n) is 5.68. The van der Waals surface area contributed by atoms with E-state index < -0.39 is 0 Å². The third kappa shape index (κ3) is 3.44. The Balaban J connectivity index is 1.94. The molecular formula is C19H16ClN3O2. The van der Waals surface area contributed by atoms with Crippen molar-refractivity contribution in [3.8, 4) is 11.8 Å². The molecule has 2 aromatic carbocycles. The van der Waals surface area contributed by atoms with Crippen molar-refractivity contribution in [2.75, 3.05) is 12.4 Å². The summed E-state index contributed by atoms with van der Waals surface area (Å²) >= 11 is 6.03. The van der Waals surface area contributed by atoms with Gasteiger partial charge in [-0.3, -0.25) is 4.79 Å². The van der Waals surface area contributed by atoms with Gasteiger partial charge in [0.1, 0.15) is 11.8 Å². The van der Waals surface area contributed by atoms with Gasteiger partial charge in [-0.05, 0) is 43.3 Å². The molecule has 3 aromatic rings. The average molecular weight is 354 g/mol. The molecule has 25 heavy (non-hydrogen) atoms. The van der Waals surface area contributed by atoms with Crippen LogP contribution in [-0.2, 0) is 0 Å². The van der Waals surface area contributed by atoms with Crippen molar-refractivity contribution < 1.29 is 4.74 Å². The number of nitrogens with zero attached hydrogens (tertiary/aromatic N) is 1. The van der Waals surface area contributed by atoms with Crippen LogP contribution in [0.5, 0.6) is 5.75 Å². The van der Waals surface area contributed by atoms with E-state index >= 15 is 0 Å². The zero-order chi connectivity index (χ0) is 18.0. The van der Waals surface area contributed by atoms with Gasteiger partial charge < -0.3 is 15.0 Å². The summed E-state index contributed by atoms with van der Waals surface area (Å²) in [7, 11) is 1.52. The molecule has 1 aromatic heterocycles. The number of ether oxygens (including phenoxy) is 1. The quantitative estimate of drug-likeness (QED) is 0.735. The first kappa shape index (κ1) is 16.9. The van der Waals surface area contributed by atoms with E-state index in [1.54, 1.807) is 30.3 Å². The molecule has 1 heterocycles. The van der Waals surface area contributed by atoms with Crippen LogP contribution in [0.15, 0.2) is 47.3 Å². The van der Waals surface area contributed by atoms with Crippen molar-refractivity contribution in [3.63, 3.8) is 0 Å². The van der Waals surface area contributed by atoms with E-state index in [0.29, 0.717) is 21.9 Å². The Morgan fingerprint density at radius 3 is 2.76 bits per heavy atom. The number of methoxy groups -OCH3 is 1. The summed E-state index contributed by atoms with van der Waals surface area (Å²) in [6, 6.07) is 14.2. The zero-order valence-electron chi connectivity index (χ0n) is 13.8. The Morgan fingerprint density at radius 1 is 1.24 bits per heavy atom. The van der Waals surface area contributed by atoms with Crippen molar-refractivity contribution in [2.45, 2.75) is 13.0 Å². The van der Waals surface area contributed by atoms with E-state index in [4.69, 9.17) is 21.6 Å². The molecule has 0 amide bonds. The lowest BCUT2D eigenvalue weighted by Gasteiger charge is -2.16. The highest BCUT2D eigenvalue weighted by Gasteiger charge is 2.13. The lowest BCUT2D eigenvalue weighted by molar-refractivity contribution is 0.413. The zero-order valence-corrected chi connectivity index (χ0v) is 14.5. The van der Waals surface area contributed by atoms with Gasteiger partial charge in [0.15, 0.2) is 0 Å². The summed E-state index contributed by atoms with van der Waals surface area (Å²) in [5.74, 6) is 0.485. The number of rotatable bonds is 4. The van der Waals surface area contributed by atoms with Crippen LogP contribution in [0, 0.1) is 11.3 Å². The summed E-state index contributed by atoms with van der Waals surface area (Å²) < 4.78 is 5.21. The van der Waals surface area contributed by atoms with Gasteiger partial charge in [0.2, 0.25) is 0 Å². The van der Waals surface area contributed by atoms with E-state index in [1.165, 1.54) is 7.11 Å². The Hall–Kier alpha value is -2.97. The Kier molecular flexibility index (Phi) is 4.64. The molecule has 1 atom stereocenters. The molecule has 0 saturated heterocycles. The number of nitriles is 1. The molecule has 1 unspecified atom stereocenters. The molecule has 0 bridgehead atoms. The Morgan fingerprint density at radius 2 is 2.04 bits per heavy atom. The van der Waals surface area contributed by atoms with Crippen LogP contribution in [0.1, 0.15) is 24.1 Å². The summed E-state index contributed by atoms with van der Waals surface area (Å²) in [5.41, 5.74) is 2.40. The Bertz CT molecular complexity index is 1040. The molecular weight excluding hydrogens is 338 g/mol. The monoisotopic (exact) mass is 353 g/mol. The third-order valence-electron chi connectivity index (χ3n) is 4.01. The van der Waals surface area contributed by atoms with E-state index in [9.17, 15) is 4.79 Å². The number of nitrogens with one attached hydrogen (secondary N) is 2. The fraction of sp³-hybridized carbons (Fsp3) is 0.158. The molecule has 0 saturated carbocycles. The molecule has 5 nitrogen and oxygen atoms in total. The van der Waals surface area contributed by atoms with Gasteiger partial charge in [-0.1, -0.05) is 11.6 Å². The van der Waals surface area contributed by atoms with Gasteiger partial charge in [-0.2, -0.15) is 5.26 Å². The number of halogens is 1. The molecule has 3 rings (SSSR count). The van der Waals surface area contributed by atoms with Gasteiger partial charge >= 0.3 is 0 Å². The molecule has 0 radical (unpaired) electrons. The number of hydrogen-bond acceptors (Lipinski definition) is 4. The van der Waals surface area contributed by atoms with Crippen molar-refractivity contribution in [3.05, 3.63) is 69.0 Å².